The number of nitrogens with one attached hydrogen (secondary N) is 1. The van der Waals surface area contributed by atoms with E-state index in [1.807, 2.05) is 18.2 Å². The number of aryl methyl sites for hydroxylation is 1. The highest BCUT2D eigenvalue weighted by molar-refractivity contribution is 5.77. The first-order valence-electron chi connectivity index (χ1n) is 6.11. The molecule has 0 fully saturated rings. The summed E-state index contributed by atoms with van der Waals surface area (Å²) in [5.41, 5.74) is 7.01. The molecular weight excluding hydrogens is 242 g/mol. The van der Waals surface area contributed by atoms with Gasteiger partial charge in [-0.25, -0.2) is 4.99 Å². The number of hydrogen-bond donors (Lipinski definition) is 2. The maximum atomic E-state index is 5.75. The molecule has 0 atom stereocenters. The molecule has 0 saturated carbocycles. The van der Waals surface area contributed by atoms with E-state index in [4.69, 9.17) is 10.3 Å². The van der Waals surface area contributed by atoms with Crippen LogP contribution >= 0.6 is 0 Å². The SMILES string of the molecule is Cc1nc(CN=C(N)NCCc2ccccc2)no1. The van der Waals surface area contributed by atoms with Gasteiger partial charge in [-0.15, -0.1) is 0 Å². The minimum absolute atomic E-state index is 0.321. The molecule has 0 amide bonds. The van der Waals surface area contributed by atoms with E-state index in [-0.39, 0.29) is 0 Å². The van der Waals surface area contributed by atoms with Crippen LogP contribution in [-0.4, -0.2) is 22.6 Å². The van der Waals surface area contributed by atoms with Crippen LogP contribution < -0.4 is 11.1 Å². The van der Waals surface area contributed by atoms with Crippen LogP contribution in [0, 0.1) is 6.92 Å². The molecule has 0 aliphatic heterocycles. The maximum Gasteiger partial charge on any atom is 0.223 e. The van der Waals surface area contributed by atoms with Gasteiger partial charge in [0, 0.05) is 13.5 Å². The van der Waals surface area contributed by atoms with Gasteiger partial charge in [0.15, 0.2) is 11.8 Å². The zero-order chi connectivity index (χ0) is 13.5. The fourth-order valence-electron chi connectivity index (χ4n) is 1.60. The van der Waals surface area contributed by atoms with Crippen LogP contribution in [-0.2, 0) is 13.0 Å². The second kappa shape index (κ2) is 6.53. The maximum absolute atomic E-state index is 5.75. The van der Waals surface area contributed by atoms with Gasteiger partial charge in [-0.05, 0) is 12.0 Å². The van der Waals surface area contributed by atoms with Gasteiger partial charge in [0.05, 0.1) is 0 Å². The summed E-state index contributed by atoms with van der Waals surface area (Å²) >= 11 is 0. The number of nitrogens with zero attached hydrogens (tertiary/aromatic N) is 3. The van der Waals surface area contributed by atoms with E-state index in [1.54, 1.807) is 6.92 Å². The van der Waals surface area contributed by atoms with Gasteiger partial charge in [0.1, 0.15) is 6.54 Å². The number of benzene rings is 1. The minimum atomic E-state index is 0.321. The van der Waals surface area contributed by atoms with Crippen LogP contribution in [0.4, 0.5) is 0 Å². The summed E-state index contributed by atoms with van der Waals surface area (Å²) < 4.78 is 4.84. The molecule has 0 unspecified atom stereocenters. The molecular formula is C13H17N5O. The molecule has 100 valence electrons. The van der Waals surface area contributed by atoms with Crippen LogP contribution in [0.15, 0.2) is 39.8 Å². The zero-order valence-corrected chi connectivity index (χ0v) is 10.8. The van der Waals surface area contributed by atoms with E-state index in [9.17, 15) is 0 Å². The summed E-state index contributed by atoms with van der Waals surface area (Å²) in [6.45, 7) is 2.80. The highest BCUT2D eigenvalue weighted by atomic mass is 16.5. The smallest absolute Gasteiger partial charge is 0.223 e. The van der Waals surface area contributed by atoms with Crippen LogP contribution in [0.3, 0.4) is 0 Å². The van der Waals surface area contributed by atoms with Crippen molar-refractivity contribution in [2.24, 2.45) is 10.7 Å². The van der Waals surface area contributed by atoms with Crippen molar-refractivity contribution >= 4 is 5.96 Å². The number of nitrogens with two attached hydrogens (primary N) is 1. The van der Waals surface area contributed by atoms with Gasteiger partial charge >= 0.3 is 0 Å². The van der Waals surface area contributed by atoms with Gasteiger partial charge in [0.25, 0.3) is 0 Å². The molecule has 0 aliphatic rings. The molecule has 0 aliphatic carbocycles. The van der Waals surface area contributed by atoms with E-state index in [0.717, 1.165) is 13.0 Å². The Hall–Kier alpha value is -2.37. The van der Waals surface area contributed by atoms with Crippen molar-refractivity contribution < 1.29 is 4.52 Å². The Morgan fingerprint density at radius 1 is 1.37 bits per heavy atom. The molecule has 6 nitrogen and oxygen atoms in total. The molecule has 0 saturated heterocycles. The fraction of sp³-hybridized carbons (Fsp3) is 0.308. The number of hydrogen-bond acceptors (Lipinski definition) is 4. The predicted molar refractivity (Wildman–Crippen MR) is 72.5 cm³/mol. The Kier molecular flexibility index (Phi) is 4.49. The number of aromatic nitrogens is 2. The number of aliphatic imine (C=N–C) groups is 1. The van der Waals surface area contributed by atoms with Crippen LogP contribution in [0.5, 0.6) is 0 Å². The van der Waals surface area contributed by atoms with Crippen molar-refractivity contribution in [2.75, 3.05) is 6.54 Å². The largest absolute Gasteiger partial charge is 0.370 e. The third-order valence-corrected chi connectivity index (χ3v) is 2.52. The van der Waals surface area contributed by atoms with Crippen molar-refractivity contribution in [2.45, 2.75) is 19.9 Å². The summed E-state index contributed by atoms with van der Waals surface area (Å²) in [5.74, 6) is 1.45. The number of rotatable bonds is 5. The van der Waals surface area contributed by atoms with Crippen LogP contribution in [0.25, 0.3) is 0 Å². The first kappa shape index (κ1) is 13.1. The summed E-state index contributed by atoms with van der Waals surface area (Å²) in [6, 6.07) is 10.2. The van der Waals surface area contributed by atoms with Gasteiger partial charge in [0.2, 0.25) is 5.89 Å². The standard InChI is InChI=1S/C13H17N5O/c1-10-17-12(18-19-10)9-16-13(14)15-8-7-11-5-3-2-4-6-11/h2-6H,7-9H2,1H3,(H3,14,15,16). The molecule has 1 aromatic heterocycles. The van der Waals surface area contributed by atoms with E-state index in [0.29, 0.717) is 24.2 Å². The number of guanidine groups is 1. The Bertz CT molecular complexity index is 535. The van der Waals surface area contributed by atoms with Gasteiger partial charge in [-0.1, -0.05) is 35.5 Å². The molecule has 19 heavy (non-hydrogen) atoms. The van der Waals surface area contributed by atoms with E-state index in [1.165, 1.54) is 5.56 Å². The van der Waals surface area contributed by atoms with E-state index >= 15 is 0 Å². The molecule has 2 rings (SSSR count). The summed E-state index contributed by atoms with van der Waals surface area (Å²) in [5, 5.41) is 6.79. The fourth-order valence-corrected chi connectivity index (χ4v) is 1.60. The Morgan fingerprint density at radius 2 is 2.16 bits per heavy atom. The minimum Gasteiger partial charge on any atom is -0.370 e. The van der Waals surface area contributed by atoms with E-state index < -0.39 is 0 Å². The van der Waals surface area contributed by atoms with Crippen LogP contribution in [0.2, 0.25) is 0 Å². The lowest BCUT2D eigenvalue weighted by Gasteiger charge is -2.04. The van der Waals surface area contributed by atoms with Crippen LogP contribution in [0.1, 0.15) is 17.3 Å². The van der Waals surface area contributed by atoms with Crippen molar-refractivity contribution in [3.05, 3.63) is 47.6 Å². The van der Waals surface area contributed by atoms with Gasteiger partial charge < -0.3 is 15.6 Å². The first-order chi connectivity index (χ1) is 9.24. The van der Waals surface area contributed by atoms with E-state index in [2.05, 4.69) is 32.6 Å². The summed E-state index contributed by atoms with van der Waals surface area (Å²) in [7, 11) is 0. The average molecular weight is 259 g/mol. The lowest BCUT2D eigenvalue weighted by atomic mass is 10.1. The molecule has 1 aromatic carbocycles. The van der Waals surface area contributed by atoms with Crippen molar-refractivity contribution in [1.29, 1.82) is 0 Å². The Balaban J connectivity index is 1.73. The third kappa shape index (κ3) is 4.42. The summed E-state index contributed by atoms with van der Waals surface area (Å²) in [4.78, 5) is 8.18. The molecule has 1 heterocycles. The second-order valence-corrected chi connectivity index (χ2v) is 4.09. The predicted octanol–water partition coefficient (Wildman–Crippen LogP) is 1.03. The Morgan fingerprint density at radius 3 is 2.84 bits per heavy atom. The zero-order valence-electron chi connectivity index (χ0n) is 10.8. The highest BCUT2D eigenvalue weighted by Gasteiger charge is 2.00. The quantitative estimate of drug-likeness (QED) is 0.618. The lowest BCUT2D eigenvalue weighted by Crippen LogP contribution is -2.33. The molecule has 2 aromatic rings. The normalized spacial score (nSPS) is 11.5. The topological polar surface area (TPSA) is 89.3 Å². The highest BCUT2D eigenvalue weighted by Crippen LogP contribution is 1.98. The van der Waals surface area contributed by atoms with Crippen molar-refractivity contribution in [1.82, 2.24) is 15.5 Å². The monoisotopic (exact) mass is 259 g/mol. The third-order valence-electron chi connectivity index (χ3n) is 2.52. The molecule has 0 bridgehead atoms. The van der Waals surface area contributed by atoms with Gasteiger partial charge in [-0.2, -0.15) is 4.98 Å². The summed E-state index contributed by atoms with van der Waals surface area (Å²) in [6.07, 6.45) is 0.901. The Labute approximate surface area is 111 Å². The first-order valence-corrected chi connectivity index (χ1v) is 6.11. The molecule has 6 heteroatoms. The molecule has 0 spiro atoms. The van der Waals surface area contributed by atoms with Crippen molar-refractivity contribution in [3.8, 4) is 0 Å². The van der Waals surface area contributed by atoms with Gasteiger partial charge in [-0.3, -0.25) is 0 Å². The molecule has 3 N–H and O–H groups in total. The second-order valence-electron chi connectivity index (χ2n) is 4.09. The average Bonchev–Trinajstić information content (AvgIpc) is 2.83. The van der Waals surface area contributed by atoms with Crippen molar-refractivity contribution in [3.63, 3.8) is 0 Å². The lowest BCUT2D eigenvalue weighted by molar-refractivity contribution is 0.387. The molecule has 0 radical (unpaired) electrons.